The summed E-state index contributed by atoms with van der Waals surface area (Å²) in [6, 6.07) is 15.9. The Morgan fingerprint density at radius 2 is 1.68 bits per heavy atom. The summed E-state index contributed by atoms with van der Waals surface area (Å²) in [6.07, 6.45) is 0. The molecule has 0 saturated carbocycles. The lowest BCUT2D eigenvalue weighted by Crippen LogP contribution is -2.31. The highest BCUT2D eigenvalue weighted by Crippen LogP contribution is 2.28. The van der Waals surface area contributed by atoms with Crippen LogP contribution in [0.1, 0.15) is 11.1 Å². The predicted molar refractivity (Wildman–Crippen MR) is 104 cm³/mol. The van der Waals surface area contributed by atoms with Gasteiger partial charge in [-0.1, -0.05) is 18.2 Å². The first-order chi connectivity index (χ1) is 13.3. The maximum Gasteiger partial charge on any atom is 0.264 e. The van der Waals surface area contributed by atoms with E-state index < -0.39 is 21.7 Å². The van der Waals surface area contributed by atoms with Crippen molar-refractivity contribution in [2.45, 2.75) is 18.4 Å². The molecule has 0 N–H and O–H groups in total. The molecule has 28 heavy (non-hydrogen) atoms. The number of methoxy groups -OCH3 is 1. The first-order valence-corrected chi connectivity index (χ1v) is 9.92. The van der Waals surface area contributed by atoms with Gasteiger partial charge in [0.25, 0.3) is 10.0 Å². The number of aryl methyl sites for hydroxylation is 1. The molecule has 0 bridgehead atoms. The highest BCUT2D eigenvalue weighted by Gasteiger charge is 2.26. The summed E-state index contributed by atoms with van der Waals surface area (Å²) in [5, 5.41) is 0. The van der Waals surface area contributed by atoms with Crippen molar-refractivity contribution in [1.82, 2.24) is 0 Å². The monoisotopic (exact) mass is 403 g/mol. The summed E-state index contributed by atoms with van der Waals surface area (Å²) >= 11 is 0. The molecule has 0 fully saturated rings. The van der Waals surface area contributed by atoms with Crippen LogP contribution in [0, 0.1) is 18.6 Å². The standard InChI is InChI=1S/C21H19F2NO3S/c1-15-4-3-5-18(12-15)24(14-16-6-7-17(22)13-21(16)23)28(25,26)20-10-8-19(27-2)9-11-20/h3-13H,14H2,1-2H3. The Morgan fingerprint density at radius 1 is 0.964 bits per heavy atom. The number of nitrogens with zero attached hydrogens (tertiary/aromatic N) is 1. The average molecular weight is 403 g/mol. The van der Waals surface area contributed by atoms with Crippen LogP contribution in [0.5, 0.6) is 5.75 Å². The lowest BCUT2D eigenvalue weighted by atomic mass is 10.2. The second-order valence-electron chi connectivity index (χ2n) is 6.26. The van der Waals surface area contributed by atoms with Gasteiger partial charge in [-0.05, 0) is 55.0 Å². The van der Waals surface area contributed by atoms with Gasteiger partial charge in [0.1, 0.15) is 17.4 Å². The molecule has 0 aliphatic rings. The molecule has 4 nitrogen and oxygen atoms in total. The molecule has 0 heterocycles. The van der Waals surface area contributed by atoms with Crippen LogP contribution in [0.4, 0.5) is 14.5 Å². The van der Waals surface area contributed by atoms with Crippen LogP contribution in [-0.2, 0) is 16.6 Å². The van der Waals surface area contributed by atoms with Crippen LogP contribution in [0.15, 0.2) is 71.6 Å². The molecule has 3 aromatic rings. The molecule has 3 aromatic carbocycles. The molecule has 0 spiro atoms. The molecule has 0 saturated heterocycles. The van der Waals surface area contributed by atoms with E-state index in [-0.39, 0.29) is 17.0 Å². The number of halogens is 2. The normalized spacial score (nSPS) is 11.3. The van der Waals surface area contributed by atoms with Crippen molar-refractivity contribution in [3.8, 4) is 5.75 Å². The lowest BCUT2D eigenvalue weighted by molar-refractivity contribution is 0.414. The number of rotatable bonds is 6. The molecule has 146 valence electrons. The van der Waals surface area contributed by atoms with Gasteiger partial charge in [0.2, 0.25) is 0 Å². The fourth-order valence-electron chi connectivity index (χ4n) is 2.78. The lowest BCUT2D eigenvalue weighted by Gasteiger charge is -2.25. The van der Waals surface area contributed by atoms with Crippen molar-refractivity contribution in [2.75, 3.05) is 11.4 Å². The van der Waals surface area contributed by atoms with Crippen molar-refractivity contribution < 1.29 is 21.9 Å². The third-order valence-electron chi connectivity index (χ3n) is 4.27. The SMILES string of the molecule is COc1ccc(S(=O)(=O)N(Cc2ccc(F)cc2F)c2cccc(C)c2)cc1. The van der Waals surface area contributed by atoms with Gasteiger partial charge in [-0.25, -0.2) is 17.2 Å². The first kappa shape index (κ1) is 19.8. The van der Waals surface area contributed by atoms with Gasteiger partial charge in [-0.15, -0.1) is 0 Å². The van der Waals surface area contributed by atoms with Crippen molar-refractivity contribution in [3.63, 3.8) is 0 Å². The highest BCUT2D eigenvalue weighted by molar-refractivity contribution is 7.92. The van der Waals surface area contributed by atoms with Gasteiger partial charge in [0, 0.05) is 11.6 Å². The Morgan fingerprint density at radius 3 is 2.29 bits per heavy atom. The van der Waals surface area contributed by atoms with Gasteiger partial charge < -0.3 is 4.74 Å². The van der Waals surface area contributed by atoms with E-state index in [4.69, 9.17) is 4.74 Å². The molecule has 0 aliphatic heterocycles. The van der Waals surface area contributed by atoms with Gasteiger partial charge in [-0.2, -0.15) is 0 Å². The average Bonchev–Trinajstić information content (AvgIpc) is 2.67. The summed E-state index contributed by atoms with van der Waals surface area (Å²) in [5.74, 6) is -1.01. The third kappa shape index (κ3) is 4.14. The van der Waals surface area contributed by atoms with E-state index in [1.807, 2.05) is 13.0 Å². The van der Waals surface area contributed by atoms with Crippen molar-refractivity contribution >= 4 is 15.7 Å². The zero-order valence-corrected chi connectivity index (χ0v) is 16.2. The van der Waals surface area contributed by atoms with Gasteiger partial charge in [0.05, 0.1) is 24.2 Å². The quantitative estimate of drug-likeness (QED) is 0.601. The van der Waals surface area contributed by atoms with Gasteiger partial charge >= 0.3 is 0 Å². The minimum Gasteiger partial charge on any atom is -0.497 e. The first-order valence-electron chi connectivity index (χ1n) is 8.48. The van der Waals surface area contributed by atoms with Gasteiger partial charge in [0.15, 0.2) is 0 Å². The molecule has 3 rings (SSSR count). The Kier molecular flexibility index (Phi) is 5.65. The molecule has 7 heteroatoms. The van der Waals surface area contributed by atoms with E-state index in [1.54, 1.807) is 30.3 Å². The topological polar surface area (TPSA) is 46.6 Å². The summed E-state index contributed by atoms with van der Waals surface area (Å²) in [6.45, 7) is 1.56. The zero-order chi connectivity index (χ0) is 20.3. The van der Waals surface area contributed by atoms with E-state index in [0.29, 0.717) is 11.4 Å². The fourth-order valence-corrected chi connectivity index (χ4v) is 4.21. The number of ether oxygens (including phenoxy) is 1. The van der Waals surface area contributed by atoms with Gasteiger partial charge in [-0.3, -0.25) is 4.31 Å². The molecule has 0 aromatic heterocycles. The Bertz CT molecular complexity index is 1080. The molecule has 0 radical (unpaired) electrons. The molecule has 0 aliphatic carbocycles. The number of hydrogen-bond donors (Lipinski definition) is 0. The molecular formula is C21H19F2NO3S. The van der Waals surface area contributed by atoms with E-state index in [0.717, 1.165) is 22.0 Å². The number of anilines is 1. The van der Waals surface area contributed by atoms with Crippen molar-refractivity contribution in [2.24, 2.45) is 0 Å². The maximum absolute atomic E-state index is 14.2. The second-order valence-corrected chi connectivity index (χ2v) is 8.12. The fraction of sp³-hybridized carbons (Fsp3) is 0.143. The predicted octanol–water partition coefficient (Wildman–Crippen LogP) is 4.68. The summed E-state index contributed by atoms with van der Waals surface area (Å²) < 4.78 is 60.3. The van der Waals surface area contributed by atoms with Crippen LogP contribution in [0.25, 0.3) is 0 Å². The van der Waals surface area contributed by atoms with Crippen LogP contribution >= 0.6 is 0 Å². The molecule has 0 amide bonds. The Labute approximate surface area is 163 Å². The number of hydrogen-bond acceptors (Lipinski definition) is 3. The molecule has 0 atom stereocenters. The second kappa shape index (κ2) is 7.98. The summed E-state index contributed by atoms with van der Waals surface area (Å²) in [5.41, 5.74) is 1.31. The van der Waals surface area contributed by atoms with E-state index in [9.17, 15) is 17.2 Å². The highest BCUT2D eigenvalue weighted by atomic mass is 32.2. The van der Waals surface area contributed by atoms with Crippen LogP contribution in [0.2, 0.25) is 0 Å². The molecular weight excluding hydrogens is 384 g/mol. The summed E-state index contributed by atoms with van der Waals surface area (Å²) in [4.78, 5) is 0.0392. The summed E-state index contributed by atoms with van der Waals surface area (Å²) in [7, 11) is -2.52. The van der Waals surface area contributed by atoms with Crippen LogP contribution in [0.3, 0.4) is 0 Å². The smallest absolute Gasteiger partial charge is 0.264 e. The third-order valence-corrected chi connectivity index (χ3v) is 6.05. The van der Waals surface area contributed by atoms with Crippen molar-refractivity contribution in [3.05, 3.63) is 89.5 Å². The minimum atomic E-state index is -4.00. The van der Waals surface area contributed by atoms with E-state index in [2.05, 4.69) is 0 Å². The van der Waals surface area contributed by atoms with Crippen molar-refractivity contribution in [1.29, 1.82) is 0 Å². The largest absolute Gasteiger partial charge is 0.497 e. The minimum absolute atomic E-state index is 0.0392. The van der Waals surface area contributed by atoms with Crippen LogP contribution in [-0.4, -0.2) is 15.5 Å². The van der Waals surface area contributed by atoms with E-state index in [1.165, 1.54) is 25.3 Å². The Balaban J connectivity index is 2.09. The Hall–Kier alpha value is -2.93. The number of benzene rings is 3. The molecule has 0 unspecified atom stereocenters. The number of sulfonamides is 1. The zero-order valence-electron chi connectivity index (χ0n) is 15.4. The van der Waals surface area contributed by atoms with Crippen LogP contribution < -0.4 is 9.04 Å². The van der Waals surface area contributed by atoms with E-state index >= 15 is 0 Å². The maximum atomic E-state index is 14.2.